The van der Waals surface area contributed by atoms with E-state index in [9.17, 15) is 9.59 Å². The minimum atomic E-state index is -0.516. The molecule has 0 spiro atoms. The number of carbonyl (C=O) groups is 2. The van der Waals surface area contributed by atoms with Crippen LogP contribution in [0.5, 0.6) is 0 Å². The van der Waals surface area contributed by atoms with Crippen molar-refractivity contribution in [3.63, 3.8) is 0 Å². The fraction of sp³-hybridized carbons (Fsp3) is 0.462. The van der Waals surface area contributed by atoms with Crippen LogP contribution in [0.2, 0.25) is 0 Å². The highest BCUT2D eigenvalue weighted by atomic mass is 16.5. The van der Waals surface area contributed by atoms with E-state index in [1.807, 2.05) is 6.07 Å². The molecule has 1 aliphatic heterocycles. The Hall–Kier alpha value is -2.13. The number of aryl methyl sites for hydroxylation is 1. The first-order valence-corrected chi connectivity index (χ1v) is 6.01. The normalized spacial score (nSPS) is 18.1. The van der Waals surface area contributed by atoms with Crippen LogP contribution in [0.3, 0.4) is 0 Å². The molecular formula is C13H14N2O4. The number of furan rings is 1. The third kappa shape index (κ3) is 2.51. The molecule has 2 rings (SSSR count). The molecule has 19 heavy (non-hydrogen) atoms. The lowest BCUT2D eigenvalue weighted by molar-refractivity contribution is -0.124. The molecule has 1 N–H and O–H groups in total. The zero-order valence-electron chi connectivity index (χ0n) is 10.8. The van der Waals surface area contributed by atoms with Gasteiger partial charge in [-0.15, -0.1) is 0 Å². The number of hydrogen-bond acceptors (Lipinski definition) is 5. The molecule has 1 unspecified atom stereocenters. The molecule has 1 aliphatic rings. The average molecular weight is 262 g/mol. The molecule has 0 saturated carbocycles. The van der Waals surface area contributed by atoms with Gasteiger partial charge in [-0.25, -0.2) is 0 Å². The van der Waals surface area contributed by atoms with Gasteiger partial charge in [-0.2, -0.15) is 5.26 Å². The predicted octanol–water partition coefficient (Wildman–Crippen LogP) is 1.78. The van der Waals surface area contributed by atoms with E-state index < -0.39 is 6.10 Å². The summed E-state index contributed by atoms with van der Waals surface area (Å²) in [5, 5.41) is 11.6. The molecular weight excluding hydrogens is 248 g/mol. The van der Waals surface area contributed by atoms with Gasteiger partial charge in [0.05, 0.1) is 5.56 Å². The Labute approximate surface area is 110 Å². The monoisotopic (exact) mass is 262 g/mol. The molecule has 6 heteroatoms. The van der Waals surface area contributed by atoms with Gasteiger partial charge in [0.15, 0.2) is 5.78 Å². The van der Waals surface area contributed by atoms with Crippen molar-refractivity contribution in [3.05, 3.63) is 16.9 Å². The third-order valence-corrected chi connectivity index (χ3v) is 3.01. The van der Waals surface area contributed by atoms with Crippen molar-refractivity contribution < 1.29 is 18.7 Å². The molecule has 1 fully saturated rings. The van der Waals surface area contributed by atoms with Crippen molar-refractivity contribution in [2.24, 2.45) is 0 Å². The molecule has 0 bridgehead atoms. The summed E-state index contributed by atoms with van der Waals surface area (Å²) in [6, 6.07) is 1.89. The lowest BCUT2D eigenvalue weighted by Crippen LogP contribution is -2.27. The topological polar surface area (TPSA) is 92.3 Å². The van der Waals surface area contributed by atoms with Crippen molar-refractivity contribution in [3.8, 4) is 6.07 Å². The molecule has 1 aromatic rings. The van der Waals surface area contributed by atoms with E-state index in [0.29, 0.717) is 18.8 Å². The number of amides is 1. The first-order valence-electron chi connectivity index (χ1n) is 6.01. The maximum atomic E-state index is 11.9. The van der Waals surface area contributed by atoms with Gasteiger partial charge in [0.25, 0.3) is 5.91 Å². The Morgan fingerprint density at radius 1 is 1.47 bits per heavy atom. The van der Waals surface area contributed by atoms with Crippen LogP contribution in [0.4, 0.5) is 5.88 Å². The van der Waals surface area contributed by atoms with Crippen LogP contribution in [-0.4, -0.2) is 24.4 Å². The molecule has 0 aromatic carbocycles. The minimum Gasteiger partial charge on any atom is -0.443 e. The molecule has 1 aromatic heterocycles. The van der Waals surface area contributed by atoms with Crippen molar-refractivity contribution in [1.29, 1.82) is 5.26 Å². The molecule has 1 atom stereocenters. The molecule has 6 nitrogen and oxygen atoms in total. The number of anilines is 1. The third-order valence-electron chi connectivity index (χ3n) is 3.01. The summed E-state index contributed by atoms with van der Waals surface area (Å²) in [6.45, 7) is 3.49. The average Bonchev–Trinajstić information content (AvgIpc) is 2.96. The number of nitrogens with one attached hydrogen (secondary N) is 1. The van der Waals surface area contributed by atoms with Crippen LogP contribution >= 0.6 is 0 Å². The van der Waals surface area contributed by atoms with E-state index in [0.717, 1.165) is 6.42 Å². The fourth-order valence-corrected chi connectivity index (χ4v) is 2.14. The lowest BCUT2D eigenvalue weighted by Gasteiger charge is -2.08. The summed E-state index contributed by atoms with van der Waals surface area (Å²) < 4.78 is 10.5. The molecule has 1 saturated heterocycles. The summed E-state index contributed by atoms with van der Waals surface area (Å²) in [4.78, 5) is 23.3. The van der Waals surface area contributed by atoms with E-state index in [4.69, 9.17) is 14.4 Å². The standard InChI is InChI=1S/C13H14N2O4/c1-7(16)11-8(2)19-13(9(11)6-14)15-12(17)10-4-3-5-18-10/h10H,3-5H2,1-2H3,(H,15,17). The molecule has 2 heterocycles. The van der Waals surface area contributed by atoms with E-state index in [1.165, 1.54) is 6.92 Å². The van der Waals surface area contributed by atoms with Gasteiger partial charge in [-0.1, -0.05) is 0 Å². The molecule has 0 radical (unpaired) electrons. The zero-order valence-corrected chi connectivity index (χ0v) is 10.8. The number of carbonyl (C=O) groups excluding carboxylic acids is 2. The predicted molar refractivity (Wildman–Crippen MR) is 65.8 cm³/mol. The number of Topliss-reactive ketones (excluding diaryl/α,β-unsaturated/α-hetero) is 1. The minimum absolute atomic E-state index is 0.0192. The first-order chi connectivity index (χ1) is 9.04. The van der Waals surface area contributed by atoms with E-state index >= 15 is 0 Å². The number of ketones is 1. The van der Waals surface area contributed by atoms with Crippen molar-refractivity contribution in [2.45, 2.75) is 32.8 Å². The number of hydrogen-bond donors (Lipinski definition) is 1. The summed E-state index contributed by atoms with van der Waals surface area (Å²) in [5.74, 6) is -0.273. The van der Waals surface area contributed by atoms with Crippen molar-refractivity contribution in [2.75, 3.05) is 11.9 Å². The quantitative estimate of drug-likeness (QED) is 0.838. The summed E-state index contributed by atoms with van der Waals surface area (Å²) in [5.41, 5.74) is 0.279. The fourth-order valence-electron chi connectivity index (χ4n) is 2.14. The highest BCUT2D eigenvalue weighted by molar-refractivity contribution is 6.01. The first kappa shape index (κ1) is 13.3. The smallest absolute Gasteiger partial charge is 0.255 e. The Morgan fingerprint density at radius 3 is 2.74 bits per heavy atom. The van der Waals surface area contributed by atoms with Gasteiger partial charge >= 0.3 is 0 Å². The number of rotatable bonds is 3. The maximum Gasteiger partial charge on any atom is 0.255 e. The van der Waals surface area contributed by atoms with Crippen LogP contribution in [0.25, 0.3) is 0 Å². The number of nitrogens with zero attached hydrogens (tertiary/aromatic N) is 1. The largest absolute Gasteiger partial charge is 0.443 e. The number of ether oxygens (including phenoxy) is 1. The second-order valence-electron chi connectivity index (χ2n) is 4.40. The van der Waals surface area contributed by atoms with Gasteiger partial charge < -0.3 is 9.15 Å². The van der Waals surface area contributed by atoms with E-state index in [2.05, 4.69) is 5.32 Å². The highest BCUT2D eigenvalue weighted by Crippen LogP contribution is 2.27. The highest BCUT2D eigenvalue weighted by Gasteiger charge is 2.27. The van der Waals surface area contributed by atoms with Crippen LogP contribution < -0.4 is 5.32 Å². The summed E-state index contributed by atoms with van der Waals surface area (Å²) in [6.07, 6.45) is 0.962. The van der Waals surface area contributed by atoms with Gasteiger partial charge in [-0.05, 0) is 26.7 Å². The van der Waals surface area contributed by atoms with Crippen molar-refractivity contribution >= 4 is 17.6 Å². The van der Waals surface area contributed by atoms with Crippen LogP contribution in [-0.2, 0) is 9.53 Å². The Bertz CT molecular complexity index is 562. The SMILES string of the molecule is CC(=O)c1c(C)oc(NC(=O)C2CCCO2)c1C#N. The lowest BCUT2D eigenvalue weighted by atomic mass is 10.1. The molecule has 0 aliphatic carbocycles. The zero-order chi connectivity index (χ0) is 14.0. The van der Waals surface area contributed by atoms with Gasteiger partial charge in [0, 0.05) is 6.61 Å². The Kier molecular flexibility index (Phi) is 3.67. The van der Waals surface area contributed by atoms with E-state index in [1.54, 1.807) is 6.92 Å². The van der Waals surface area contributed by atoms with Gasteiger partial charge in [0.1, 0.15) is 23.5 Å². The Morgan fingerprint density at radius 2 is 2.21 bits per heavy atom. The van der Waals surface area contributed by atoms with Crippen LogP contribution in [0, 0.1) is 18.3 Å². The Balaban J connectivity index is 2.26. The maximum absolute atomic E-state index is 11.9. The second-order valence-corrected chi connectivity index (χ2v) is 4.40. The van der Waals surface area contributed by atoms with Crippen LogP contribution in [0.15, 0.2) is 4.42 Å². The molecule has 1 amide bonds. The van der Waals surface area contributed by atoms with Crippen molar-refractivity contribution in [1.82, 2.24) is 0 Å². The van der Waals surface area contributed by atoms with Gasteiger partial charge in [0.2, 0.25) is 5.88 Å². The second kappa shape index (κ2) is 5.24. The summed E-state index contributed by atoms with van der Waals surface area (Å²) in [7, 11) is 0. The van der Waals surface area contributed by atoms with Gasteiger partial charge in [-0.3, -0.25) is 14.9 Å². The van der Waals surface area contributed by atoms with E-state index in [-0.39, 0.29) is 28.7 Å². The van der Waals surface area contributed by atoms with Crippen LogP contribution in [0.1, 0.15) is 41.4 Å². The number of nitriles is 1. The molecule has 100 valence electrons. The summed E-state index contributed by atoms with van der Waals surface area (Å²) >= 11 is 0.